The number of nitrogens with two attached hydrogens (primary N) is 1. The molecule has 0 bridgehead atoms. The highest BCUT2D eigenvalue weighted by Gasteiger charge is 2.47. The fourth-order valence-electron chi connectivity index (χ4n) is 1.98. The number of rotatable bonds is 1. The monoisotopic (exact) mass is 200 g/mol. The molecule has 3 N–H and O–H groups in total. The van der Waals surface area contributed by atoms with Crippen molar-refractivity contribution in [2.24, 2.45) is 5.73 Å². The fraction of sp³-hybridized carbons (Fsp3) is 0.889. The van der Waals surface area contributed by atoms with Crippen molar-refractivity contribution < 1.29 is 14.6 Å². The molecule has 14 heavy (non-hydrogen) atoms. The Morgan fingerprint density at radius 2 is 2.21 bits per heavy atom. The zero-order valence-corrected chi connectivity index (χ0v) is 8.32. The van der Waals surface area contributed by atoms with Gasteiger partial charge in [-0.05, 0) is 13.3 Å². The van der Waals surface area contributed by atoms with Crippen LogP contribution in [0.25, 0.3) is 0 Å². The number of hydrogen-bond donors (Lipinski definition) is 2. The van der Waals surface area contributed by atoms with Gasteiger partial charge in [0.2, 0.25) is 5.91 Å². The smallest absolute Gasteiger partial charge is 0.245 e. The molecule has 0 radical (unpaired) electrons. The molecule has 0 aliphatic carbocycles. The molecule has 1 amide bonds. The third-order valence-corrected chi connectivity index (χ3v) is 2.83. The van der Waals surface area contributed by atoms with Crippen LogP contribution in [0, 0.1) is 0 Å². The summed E-state index contributed by atoms with van der Waals surface area (Å²) < 4.78 is 5.12. The molecule has 2 heterocycles. The number of carbonyl (C=O) groups is 1. The highest BCUT2D eigenvalue weighted by atomic mass is 16.5. The Labute approximate surface area is 82.8 Å². The van der Waals surface area contributed by atoms with Crippen LogP contribution in [-0.2, 0) is 9.53 Å². The Morgan fingerprint density at radius 3 is 2.64 bits per heavy atom. The standard InChI is InChI=1S/C9H16N2O3/c1-8(13)4-11(5-8)7(12)9(10)2-3-14-6-9/h13H,2-6,10H2,1H3. The first-order chi connectivity index (χ1) is 6.43. The normalized spacial score (nSPS) is 35.5. The van der Waals surface area contributed by atoms with Crippen LogP contribution in [0.5, 0.6) is 0 Å². The second-order valence-electron chi connectivity index (χ2n) is 4.62. The van der Waals surface area contributed by atoms with Gasteiger partial charge in [0.25, 0.3) is 0 Å². The first kappa shape index (κ1) is 9.89. The Balaban J connectivity index is 1.96. The topological polar surface area (TPSA) is 75.8 Å². The zero-order valence-electron chi connectivity index (χ0n) is 8.32. The van der Waals surface area contributed by atoms with E-state index in [9.17, 15) is 9.90 Å². The molecule has 1 atom stereocenters. The minimum atomic E-state index is -0.851. The Morgan fingerprint density at radius 1 is 1.57 bits per heavy atom. The van der Waals surface area contributed by atoms with Gasteiger partial charge in [-0.15, -0.1) is 0 Å². The summed E-state index contributed by atoms with van der Waals surface area (Å²) in [4.78, 5) is 13.4. The van der Waals surface area contributed by atoms with Crippen molar-refractivity contribution in [3.8, 4) is 0 Å². The van der Waals surface area contributed by atoms with E-state index in [0.717, 1.165) is 0 Å². The number of nitrogens with zero attached hydrogens (tertiary/aromatic N) is 1. The predicted molar refractivity (Wildman–Crippen MR) is 49.6 cm³/mol. The van der Waals surface area contributed by atoms with Crippen LogP contribution < -0.4 is 5.73 Å². The van der Waals surface area contributed by atoms with Crippen LogP contribution in [0.3, 0.4) is 0 Å². The van der Waals surface area contributed by atoms with E-state index in [4.69, 9.17) is 10.5 Å². The van der Waals surface area contributed by atoms with E-state index in [2.05, 4.69) is 0 Å². The molecule has 2 aliphatic heterocycles. The maximum atomic E-state index is 11.8. The largest absolute Gasteiger partial charge is 0.386 e. The summed E-state index contributed by atoms with van der Waals surface area (Å²) in [5.74, 6) is -0.0958. The molecule has 2 saturated heterocycles. The number of β-amino-alcohol motifs (C(OH)–C–C–N with tert-alkyl or cyclic N) is 1. The predicted octanol–water partition coefficient (Wildman–Crippen LogP) is -1.30. The fourth-order valence-corrected chi connectivity index (χ4v) is 1.98. The second kappa shape index (κ2) is 2.92. The van der Waals surface area contributed by atoms with E-state index < -0.39 is 11.1 Å². The molecule has 5 nitrogen and oxygen atoms in total. The number of carbonyl (C=O) groups excluding carboxylic acids is 1. The van der Waals surface area contributed by atoms with Gasteiger partial charge < -0.3 is 20.5 Å². The highest BCUT2D eigenvalue weighted by Crippen LogP contribution is 2.26. The van der Waals surface area contributed by atoms with Crippen molar-refractivity contribution in [2.75, 3.05) is 26.3 Å². The lowest BCUT2D eigenvalue weighted by Gasteiger charge is -2.46. The van der Waals surface area contributed by atoms with Crippen LogP contribution in [0.15, 0.2) is 0 Å². The van der Waals surface area contributed by atoms with E-state index >= 15 is 0 Å². The Bertz CT molecular complexity index is 251. The number of likely N-dealkylation sites (tertiary alicyclic amines) is 1. The van der Waals surface area contributed by atoms with Gasteiger partial charge in [0.05, 0.1) is 25.3 Å². The quantitative estimate of drug-likeness (QED) is 0.551. The zero-order chi connectivity index (χ0) is 10.4. The molecule has 1 unspecified atom stereocenters. The van der Waals surface area contributed by atoms with E-state index in [0.29, 0.717) is 32.7 Å². The van der Waals surface area contributed by atoms with Crippen LogP contribution in [0.4, 0.5) is 0 Å². The lowest BCUT2D eigenvalue weighted by molar-refractivity contribution is -0.158. The van der Waals surface area contributed by atoms with Gasteiger partial charge in [-0.25, -0.2) is 0 Å². The maximum Gasteiger partial charge on any atom is 0.245 e. The molecular formula is C9H16N2O3. The van der Waals surface area contributed by atoms with E-state index in [1.54, 1.807) is 11.8 Å². The van der Waals surface area contributed by atoms with Crippen LogP contribution in [0.2, 0.25) is 0 Å². The SMILES string of the molecule is CC1(O)CN(C(=O)C2(N)CCOC2)C1. The van der Waals surface area contributed by atoms with Crippen LogP contribution in [0.1, 0.15) is 13.3 Å². The maximum absolute atomic E-state index is 11.8. The molecule has 0 aromatic heterocycles. The molecule has 0 aromatic rings. The van der Waals surface area contributed by atoms with Gasteiger partial charge in [-0.2, -0.15) is 0 Å². The number of aliphatic hydroxyl groups is 1. The Hall–Kier alpha value is -0.650. The summed E-state index contributed by atoms with van der Waals surface area (Å²) >= 11 is 0. The summed E-state index contributed by atoms with van der Waals surface area (Å²) in [6, 6.07) is 0. The van der Waals surface area contributed by atoms with Gasteiger partial charge in [-0.1, -0.05) is 0 Å². The second-order valence-corrected chi connectivity index (χ2v) is 4.62. The lowest BCUT2D eigenvalue weighted by Crippen LogP contribution is -2.68. The summed E-state index contributed by atoms with van der Waals surface area (Å²) in [7, 11) is 0. The van der Waals surface area contributed by atoms with Crippen molar-refractivity contribution in [3.05, 3.63) is 0 Å². The first-order valence-electron chi connectivity index (χ1n) is 4.81. The van der Waals surface area contributed by atoms with Gasteiger partial charge in [-0.3, -0.25) is 4.79 Å². The van der Waals surface area contributed by atoms with Gasteiger partial charge in [0.15, 0.2) is 0 Å². The summed E-state index contributed by atoms with van der Waals surface area (Å²) in [5, 5.41) is 9.49. The average Bonchev–Trinajstić information content (AvgIpc) is 2.47. The summed E-state index contributed by atoms with van der Waals surface area (Å²) in [6.45, 7) is 3.32. The van der Waals surface area contributed by atoms with Gasteiger partial charge in [0, 0.05) is 6.61 Å². The third-order valence-electron chi connectivity index (χ3n) is 2.83. The minimum absolute atomic E-state index is 0.0958. The lowest BCUT2D eigenvalue weighted by atomic mass is 9.91. The van der Waals surface area contributed by atoms with Crippen molar-refractivity contribution in [2.45, 2.75) is 24.5 Å². The molecule has 80 valence electrons. The highest BCUT2D eigenvalue weighted by molar-refractivity contribution is 5.87. The molecule has 5 heteroatoms. The van der Waals surface area contributed by atoms with Gasteiger partial charge in [0.1, 0.15) is 5.54 Å². The van der Waals surface area contributed by atoms with E-state index in [1.165, 1.54) is 0 Å². The van der Waals surface area contributed by atoms with Crippen molar-refractivity contribution >= 4 is 5.91 Å². The molecule has 0 saturated carbocycles. The number of ether oxygens (including phenoxy) is 1. The molecule has 2 rings (SSSR count). The van der Waals surface area contributed by atoms with E-state index in [1.807, 2.05) is 0 Å². The molecule has 2 aliphatic rings. The molecular weight excluding hydrogens is 184 g/mol. The van der Waals surface area contributed by atoms with Crippen molar-refractivity contribution in [1.82, 2.24) is 4.90 Å². The van der Waals surface area contributed by atoms with Crippen molar-refractivity contribution in [1.29, 1.82) is 0 Å². The van der Waals surface area contributed by atoms with Gasteiger partial charge >= 0.3 is 0 Å². The Kier molecular flexibility index (Phi) is 2.06. The summed E-state index contributed by atoms with van der Waals surface area (Å²) in [6.07, 6.45) is 0.574. The number of amides is 1. The third kappa shape index (κ3) is 1.51. The van der Waals surface area contributed by atoms with E-state index in [-0.39, 0.29) is 5.91 Å². The van der Waals surface area contributed by atoms with Crippen LogP contribution >= 0.6 is 0 Å². The first-order valence-corrected chi connectivity index (χ1v) is 4.81. The van der Waals surface area contributed by atoms with Crippen molar-refractivity contribution in [3.63, 3.8) is 0 Å². The molecule has 2 fully saturated rings. The molecule has 0 aromatic carbocycles. The average molecular weight is 200 g/mol. The summed E-state index contributed by atoms with van der Waals surface area (Å²) in [5.41, 5.74) is 4.32. The number of hydrogen-bond acceptors (Lipinski definition) is 4. The van der Waals surface area contributed by atoms with Crippen LogP contribution in [-0.4, -0.2) is 53.4 Å². The minimum Gasteiger partial charge on any atom is -0.386 e. The molecule has 0 spiro atoms.